The van der Waals surface area contributed by atoms with Crippen LogP contribution in [0.1, 0.15) is 25.0 Å². The van der Waals surface area contributed by atoms with Crippen molar-refractivity contribution in [2.75, 3.05) is 6.61 Å². The van der Waals surface area contributed by atoms with Crippen LogP contribution in [0.5, 0.6) is 0 Å². The van der Waals surface area contributed by atoms with E-state index in [1.807, 2.05) is 60.7 Å². The third kappa shape index (κ3) is 7.50. The molecule has 0 saturated carbocycles. The molecule has 0 aromatic heterocycles. The van der Waals surface area contributed by atoms with Crippen LogP contribution in [0.4, 0.5) is 0 Å². The Morgan fingerprint density at radius 3 is 1.77 bits per heavy atom. The Balaban J connectivity index is 1.98. The standard InChI is InChI=1S/C19H23O6P/c1-16(25-17(2)20)13-22-26(21,23-14-18-9-5-3-6-10-18)24-15-19-11-7-4-8-12-19/h3-12,16H,13-15H2,1-2H3. The summed E-state index contributed by atoms with van der Waals surface area (Å²) in [5.41, 5.74) is 1.68. The van der Waals surface area contributed by atoms with Gasteiger partial charge < -0.3 is 4.74 Å². The van der Waals surface area contributed by atoms with Crippen LogP contribution in [0.3, 0.4) is 0 Å². The van der Waals surface area contributed by atoms with E-state index in [9.17, 15) is 9.36 Å². The van der Waals surface area contributed by atoms with E-state index in [4.69, 9.17) is 18.3 Å². The zero-order valence-electron chi connectivity index (χ0n) is 14.9. The van der Waals surface area contributed by atoms with Crippen molar-refractivity contribution in [1.82, 2.24) is 0 Å². The van der Waals surface area contributed by atoms with Crippen LogP contribution in [0.2, 0.25) is 0 Å². The van der Waals surface area contributed by atoms with Crippen LogP contribution in [0.25, 0.3) is 0 Å². The van der Waals surface area contributed by atoms with E-state index in [2.05, 4.69) is 0 Å². The maximum Gasteiger partial charge on any atom is 0.475 e. The first-order chi connectivity index (χ1) is 12.5. The lowest BCUT2D eigenvalue weighted by molar-refractivity contribution is -0.147. The van der Waals surface area contributed by atoms with Gasteiger partial charge in [0.15, 0.2) is 0 Å². The van der Waals surface area contributed by atoms with Gasteiger partial charge >= 0.3 is 13.8 Å². The molecular weight excluding hydrogens is 355 g/mol. The van der Waals surface area contributed by atoms with E-state index in [0.717, 1.165) is 11.1 Å². The number of phosphoric ester groups is 1. The van der Waals surface area contributed by atoms with Crippen LogP contribution in [-0.4, -0.2) is 18.7 Å². The van der Waals surface area contributed by atoms with Crippen molar-refractivity contribution in [1.29, 1.82) is 0 Å². The van der Waals surface area contributed by atoms with Gasteiger partial charge in [-0.15, -0.1) is 0 Å². The minimum absolute atomic E-state index is 0.0782. The van der Waals surface area contributed by atoms with E-state index in [0.29, 0.717) is 0 Å². The fourth-order valence-electron chi connectivity index (χ4n) is 2.08. The Morgan fingerprint density at radius 1 is 0.885 bits per heavy atom. The summed E-state index contributed by atoms with van der Waals surface area (Å²) in [7, 11) is -3.84. The minimum atomic E-state index is -3.84. The lowest BCUT2D eigenvalue weighted by atomic mass is 10.2. The fraction of sp³-hybridized carbons (Fsp3) is 0.316. The molecule has 0 radical (unpaired) electrons. The molecule has 0 spiro atoms. The summed E-state index contributed by atoms with van der Waals surface area (Å²) in [6.07, 6.45) is -0.568. The van der Waals surface area contributed by atoms with Crippen molar-refractivity contribution in [2.45, 2.75) is 33.2 Å². The average Bonchev–Trinajstić information content (AvgIpc) is 2.65. The number of phosphoric acid groups is 1. The molecule has 1 atom stereocenters. The fourth-order valence-corrected chi connectivity index (χ4v) is 3.31. The molecule has 7 heteroatoms. The van der Waals surface area contributed by atoms with Crippen LogP contribution >= 0.6 is 7.82 Å². The van der Waals surface area contributed by atoms with Crippen LogP contribution < -0.4 is 0 Å². The molecule has 0 amide bonds. The molecule has 0 aliphatic rings. The largest absolute Gasteiger partial charge is 0.475 e. The second kappa shape index (κ2) is 10.2. The zero-order valence-corrected chi connectivity index (χ0v) is 15.8. The van der Waals surface area contributed by atoms with Crippen LogP contribution in [0.15, 0.2) is 60.7 Å². The van der Waals surface area contributed by atoms with Crippen molar-refractivity contribution >= 4 is 13.8 Å². The molecule has 2 aromatic carbocycles. The first-order valence-electron chi connectivity index (χ1n) is 8.25. The first-order valence-corrected chi connectivity index (χ1v) is 9.71. The van der Waals surface area contributed by atoms with E-state index < -0.39 is 19.9 Å². The summed E-state index contributed by atoms with van der Waals surface area (Å²) >= 11 is 0. The quantitative estimate of drug-likeness (QED) is 0.448. The molecule has 0 fully saturated rings. The first kappa shape index (κ1) is 20.3. The number of hydrogen-bond acceptors (Lipinski definition) is 6. The second-order valence-corrected chi connectivity index (χ2v) is 7.35. The smallest absolute Gasteiger partial charge is 0.460 e. The molecule has 2 rings (SSSR count). The number of esters is 1. The number of rotatable bonds is 10. The molecule has 0 heterocycles. The molecule has 0 aliphatic carbocycles. The molecule has 26 heavy (non-hydrogen) atoms. The van der Waals surface area contributed by atoms with Gasteiger partial charge in [0.05, 0.1) is 19.8 Å². The second-order valence-electron chi connectivity index (χ2n) is 5.68. The highest BCUT2D eigenvalue weighted by Gasteiger charge is 2.28. The highest BCUT2D eigenvalue weighted by Crippen LogP contribution is 2.51. The molecular formula is C19H23O6P. The van der Waals surface area contributed by atoms with Crippen molar-refractivity contribution in [2.24, 2.45) is 0 Å². The maximum atomic E-state index is 12.9. The average molecular weight is 378 g/mol. The Bertz CT molecular complexity index is 672. The molecule has 0 saturated heterocycles. The Morgan fingerprint density at radius 2 is 1.35 bits per heavy atom. The van der Waals surface area contributed by atoms with Gasteiger partial charge in [-0.1, -0.05) is 60.7 Å². The maximum absolute atomic E-state index is 12.9. The van der Waals surface area contributed by atoms with Gasteiger partial charge in [0.25, 0.3) is 0 Å². The summed E-state index contributed by atoms with van der Waals surface area (Å²) in [4.78, 5) is 11.0. The predicted molar refractivity (Wildman–Crippen MR) is 97.2 cm³/mol. The van der Waals surface area contributed by atoms with E-state index >= 15 is 0 Å². The number of benzene rings is 2. The van der Waals surface area contributed by atoms with Crippen molar-refractivity contribution in [3.63, 3.8) is 0 Å². The molecule has 0 aliphatic heterocycles. The lowest BCUT2D eigenvalue weighted by Crippen LogP contribution is -2.18. The van der Waals surface area contributed by atoms with Crippen molar-refractivity contribution < 1.29 is 27.7 Å². The summed E-state index contributed by atoms with van der Waals surface area (Å²) < 4.78 is 34.2. The summed E-state index contributed by atoms with van der Waals surface area (Å²) in [6, 6.07) is 18.6. The van der Waals surface area contributed by atoms with Gasteiger partial charge in [0.1, 0.15) is 6.10 Å². The monoisotopic (exact) mass is 378 g/mol. The molecule has 2 aromatic rings. The number of hydrogen-bond donors (Lipinski definition) is 0. The van der Waals surface area contributed by atoms with E-state index in [1.54, 1.807) is 6.92 Å². The molecule has 140 valence electrons. The molecule has 6 nitrogen and oxygen atoms in total. The van der Waals surface area contributed by atoms with E-state index in [1.165, 1.54) is 6.92 Å². The van der Waals surface area contributed by atoms with Gasteiger partial charge in [0.2, 0.25) is 0 Å². The highest BCUT2D eigenvalue weighted by molar-refractivity contribution is 7.48. The lowest BCUT2D eigenvalue weighted by Gasteiger charge is -2.20. The number of carbonyl (C=O) groups is 1. The van der Waals surface area contributed by atoms with Crippen molar-refractivity contribution in [3.05, 3.63) is 71.8 Å². The Kier molecular flexibility index (Phi) is 8.01. The van der Waals surface area contributed by atoms with Crippen LogP contribution in [-0.2, 0) is 40.9 Å². The summed E-state index contributed by atoms with van der Waals surface area (Å²) in [5, 5.41) is 0. The van der Waals surface area contributed by atoms with Gasteiger partial charge in [-0.2, -0.15) is 0 Å². The Hall–Kier alpha value is -1.98. The van der Waals surface area contributed by atoms with Crippen molar-refractivity contribution in [3.8, 4) is 0 Å². The molecule has 0 N–H and O–H groups in total. The van der Waals surface area contributed by atoms with Gasteiger partial charge in [0, 0.05) is 6.92 Å². The normalized spacial score (nSPS) is 12.5. The van der Waals surface area contributed by atoms with Gasteiger partial charge in [-0.3, -0.25) is 18.4 Å². The summed E-state index contributed by atoms with van der Waals surface area (Å²) in [5.74, 6) is -0.439. The SMILES string of the molecule is CC(=O)OC(C)COP(=O)(OCc1ccccc1)OCc1ccccc1. The van der Waals surface area contributed by atoms with Crippen LogP contribution in [0, 0.1) is 0 Å². The molecule has 0 bridgehead atoms. The topological polar surface area (TPSA) is 71.1 Å². The van der Waals surface area contributed by atoms with Gasteiger partial charge in [-0.05, 0) is 18.1 Å². The van der Waals surface area contributed by atoms with Gasteiger partial charge in [-0.25, -0.2) is 4.57 Å². The number of ether oxygens (including phenoxy) is 1. The highest BCUT2D eigenvalue weighted by atomic mass is 31.2. The third-order valence-corrected chi connectivity index (χ3v) is 4.65. The Labute approximate surface area is 153 Å². The number of carbonyl (C=O) groups excluding carboxylic acids is 1. The predicted octanol–water partition coefficient (Wildman–Crippen LogP) is 4.50. The zero-order chi connectivity index (χ0) is 18.8. The van der Waals surface area contributed by atoms with E-state index in [-0.39, 0.29) is 19.8 Å². The minimum Gasteiger partial charge on any atom is -0.460 e. The third-order valence-electron chi connectivity index (χ3n) is 3.30. The molecule has 1 unspecified atom stereocenters. The summed E-state index contributed by atoms with van der Waals surface area (Å²) in [6.45, 7) is 3.00.